The van der Waals surface area contributed by atoms with Gasteiger partial charge in [-0.25, -0.2) is 18.7 Å². The summed E-state index contributed by atoms with van der Waals surface area (Å²) in [5.41, 5.74) is 6.38. The van der Waals surface area contributed by atoms with Crippen LogP contribution in [0.2, 0.25) is 0 Å². The number of aryl methyl sites for hydroxylation is 1. The van der Waals surface area contributed by atoms with Crippen LogP contribution in [0.3, 0.4) is 0 Å². The molecule has 49 heavy (non-hydrogen) atoms. The van der Waals surface area contributed by atoms with Crippen molar-refractivity contribution < 1.29 is 13.6 Å². The number of aldehydes is 1. The third kappa shape index (κ3) is 20.8. The average Bonchev–Trinajstić information content (AvgIpc) is 3.06. The molecule has 0 saturated heterocycles. The zero-order chi connectivity index (χ0) is 37.4. The molecule has 0 aliphatic carbocycles. The molecule has 270 valence electrons. The molecule has 0 atom stereocenters. The maximum Gasteiger partial charge on any atom is 0.247 e. The van der Waals surface area contributed by atoms with Crippen molar-refractivity contribution in [2.24, 2.45) is 5.92 Å². The average molecular weight is 679 g/mol. The summed E-state index contributed by atoms with van der Waals surface area (Å²) in [6, 6.07) is 15.4. The van der Waals surface area contributed by atoms with Crippen LogP contribution in [-0.2, 0) is 4.79 Å². The number of anilines is 2. The molecule has 0 aliphatic rings. The Kier molecular flexibility index (Phi) is 22.9. The second kappa shape index (κ2) is 24.9. The van der Waals surface area contributed by atoms with Crippen molar-refractivity contribution in [3.8, 4) is 11.4 Å². The second-order valence-electron chi connectivity index (χ2n) is 12.7. The Bertz CT molecular complexity index is 1410. The van der Waals surface area contributed by atoms with E-state index in [-0.39, 0.29) is 18.6 Å². The van der Waals surface area contributed by atoms with E-state index in [1.165, 1.54) is 56.4 Å². The molecule has 3 aromatic rings. The molecule has 3 rings (SSSR count). The molecule has 2 aromatic carbocycles. The molecule has 0 spiro atoms. The first-order valence-electron chi connectivity index (χ1n) is 17.1. The number of nitrogens with zero attached hydrogens (tertiary/aromatic N) is 3. The SMILES string of the molecule is CC(C)=Cc1ccc(-c2nccc(Nc3ccc(C(=N)C=N)cc3)n2)cc1C.CC=O.CCC(F)(F)CCC(C)C.CCCCCN(C)C. The minimum absolute atomic E-state index is 0.0281. The predicted molar refractivity (Wildman–Crippen MR) is 206 cm³/mol. The summed E-state index contributed by atoms with van der Waals surface area (Å²) in [4.78, 5) is 20.1. The molecule has 0 saturated carbocycles. The third-order valence-electron chi connectivity index (χ3n) is 7.05. The highest BCUT2D eigenvalue weighted by Gasteiger charge is 2.25. The highest BCUT2D eigenvalue weighted by Crippen LogP contribution is 2.26. The molecule has 7 nitrogen and oxygen atoms in total. The summed E-state index contributed by atoms with van der Waals surface area (Å²) < 4.78 is 25.0. The van der Waals surface area contributed by atoms with Crippen molar-refractivity contribution in [3.05, 3.63) is 77.0 Å². The second-order valence-corrected chi connectivity index (χ2v) is 12.7. The summed E-state index contributed by atoms with van der Waals surface area (Å²) in [5, 5.41) is 18.1. The zero-order valence-corrected chi connectivity index (χ0v) is 31.5. The van der Waals surface area contributed by atoms with Crippen molar-refractivity contribution >= 4 is 35.8 Å². The van der Waals surface area contributed by atoms with Crippen LogP contribution in [0.1, 0.15) is 104 Å². The first-order chi connectivity index (χ1) is 23.1. The van der Waals surface area contributed by atoms with E-state index < -0.39 is 5.92 Å². The maximum absolute atomic E-state index is 12.5. The van der Waals surface area contributed by atoms with Crippen molar-refractivity contribution in [1.82, 2.24) is 14.9 Å². The number of nitrogens with one attached hydrogen (secondary N) is 3. The standard InChI is InChI=1S/C23H23N5.C8H16F2.C7H17N.C2H4O/c1-15(2)12-18-4-5-19(13-16(18)3)23-26-11-10-22(28-23)27-20-8-6-17(7-9-20)21(25)14-24;1-4-8(9,10)6-5-7(2)3;1-4-5-6-7-8(2)3;1-2-3/h4-14,24-25H,1-3H3,(H,26,27,28);7H,4-6H2,1-3H3;4-7H2,1-3H3;2H,1H3. The Morgan fingerprint density at radius 1 is 1.04 bits per heavy atom. The number of allylic oxidation sites excluding steroid dienone is 1. The van der Waals surface area contributed by atoms with Crippen LogP contribution >= 0.6 is 0 Å². The Hall–Kier alpha value is -4.11. The van der Waals surface area contributed by atoms with Crippen LogP contribution in [0.25, 0.3) is 17.5 Å². The molecule has 9 heteroatoms. The topological polar surface area (TPSA) is 106 Å². The normalized spacial score (nSPS) is 10.4. The fourth-order valence-corrected chi connectivity index (χ4v) is 4.17. The number of aromatic nitrogens is 2. The first kappa shape index (κ1) is 44.9. The number of hydrogen-bond donors (Lipinski definition) is 3. The van der Waals surface area contributed by atoms with Gasteiger partial charge in [-0.2, -0.15) is 0 Å². The predicted octanol–water partition coefficient (Wildman–Crippen LogP) is 11.0. The van der Waals surface area contributed by atoms with Gasteiger partial charge in [0.15, 0.2) is 5.82 Å². The fourth-order valence-electron chi connectivity index (χ4n) is 4.17. The lowest BCUT2D eigenvalue weighted by Gasteiger charge is -2.14. The number of rotatable bonds is 14. The minimum Gasteiger partial charge on any atom is -0.340 e. The fraction of sp³-hybridized carbons (Fsp3) is 0.475. The Morgan fingerprint density at radius 3 is 2.16 bits per heavy atom. The molecule has 0 bridgehead atoms. The van der Waals surface area contributed by atoms with E-state index in [1.807, 2.05) is 50.2 Å². The Labute approximate surface area is 294 Å². The van der Waals surface area contributed by atoms with Gasteiger partial charge in [0.2, 0.25) is 5.92 Å². The molecular weight excluding hydrogens is 618 g/mol. The van der Waals surface area contributed by atoms with Crippen molar-refractivity contribution in [1.29, 1.82) is 10.8 Å². The third-order valence-corrected chi connectivity index (χ3v) is 7.05. The van der Waals surface area contributed by atoms with Crippen molar-refractivity contribution in [3.63, 3.8) is 0 Å². The maximum atomic E-state index is 12.5. The highest BCUT2D eigenvalue weighted by atomic mass is 19.3. The van der Waals surface area contributed by atoms with E-state index in [2.05, 4.69) is 80.2 Å². The van der Waals surface area contributed by atoms with Gasteiger partial charge in [0, 0.05) is 42.1 Å². The number of carbonyl (C=O) groups excluding carboxylic acids is 1. The molecule has 1 heterocycles. The van der Waals surface area contributed by atoms with Gasteiger partial charge in [-0.05, 0) is 102 Å². The summed E-state index contributed by atoms with van der Waals surface area (Å²) in [5.74, 6) is -0.674. The lowest BCUT2D eigenvalue weighted by atomic mass is 10.0. The van der Waals surface area contributed by atoms with Gasteiger partial charge >= 0.3 is 0 Å². The molecule has 0 radical (unpaired) electrons. The lowest BCUT2D eigenvalue weighted by Crippen LogP contribution is -2.14. The number of hydrogen-bond acceptors (Lipinski definition) is 7. The molecule has 0 amide bonds. The molecule has 0 aliphatic heterocycles. The van der Waals surface area contributed by atoms with E-state index >= 15 is 0 Å². The number of carbonyl (C=O) groups is 1. The Balaban J connectivity index is 0.000000899. The largest absolute Gasteiger partial charge is 0.340 e. The number of unbranched alkanes of at least 4 members (excludes halogenated alkanes) is 2. The molecular formula is C40H60F2N6O. The van der Waals surface area contributed by atoms with E-state index in [9.17, 15) is 8.78 Å². The van der Waals surface area contributed by atoms with Gasteiger partial charge < -0.3 is 20.4 Å². The summed E-state index contributed by atoms with van der Waals surface area (Å²) in [7, 11) is 4.24. The van der Waals surface area contributed by atoms with E-state index in [1.54, 1.807) is 6.20 Å². The molecule has 3 N–H and O–H groups in total. The van der Waals surface area contributed by atoms with Crippen LogP contribution in [-0.4, -0.2) is 59.6 Å². The van der Waals surface area contributed by atoms with E-state index in [0.717, 1.165) is 23.8 Å². The summed E-state index contributed by atoms with van der Waals surface area (Å²) >= 11 is 0. The Morgan fingerprint density at radius 2 is 1.67 bits per heavy atom. The number of alkyl halides is 2. The molecule has 0 fully saturated rings. The monoisotopic (exact) mass is 678 g/mol. The van der Waals surface area contributed by atoms with E-state index in [0.29, 0.717) is 29.5 Å². The highest BCUT2D eigenvalue weighted by molar-refractivity contribution is 6.35. The van der Waals surface area contributed by atoms with Gasteiger partial charge in [-0.15, -0.1) is 0 Å². The lowest BCUT2D eigenvalue weighted by molar-refractivity contribution is -0.106. The van der Waals surface area contributed by atoms with E-state index in [4.69, 9.17) is 15.6 Å². The van der Waals surface area contributed by atoms with Crippen molar-refractivity contribution in [2.45, 2.75) is 99.8 Å². The quantitative estimate of drug-likeness (QED) is 0.0894. The van der Waals surface area contributed by atoms with Crippen LogP contribution in [0.5, 0.6) is 0 Å². The van der Waals surface area contributed by atoms with Gasteiger partial charge in [-0.3, -0.25) is 5.41 Å². The smallest absolute Gasteiger partial charge is 0.247 e. The van der Waals surface area contributed by atoms with Crippen LogP contribution in [0.4, 0.5) is 20.3 Å². The number of benzene rings is 2. The van der Waals surface area contributed by atoms with Gasteiger partial charge in [0.05, 0.1) is 5.71 Å². The molecule has 1 aromatic heterocycles. The first-order valence-corrected chi connectivity index (χ1v) is 17.1. The van der Waals surface area contributed by atoms with Gasteiger partial charge in [0.1, 0.15) is 12.1 Å². The van der Waals surface area contributed by atoms with Crippen molar-refractivity contribution in [2.75, 3.05) is 26.0 Å². The molecule has 0 unspecified atom stereocenters. The van der Waals surface area contributed by atoms with Crippen LogP contribution in [0, 0.1) is 23.7 Å². The summed E-state index contributed by atoms with van der Waals surface area (Å²) in [6.07, 6.45) is 10.4. The van der Waals surface area contributed by atoms with Crippen LogP contribution < -0.4 is 5.32 Å². The minimum atomic E-state index is -2.43. The zero-order valence-electron chi connectivity index (χ0n) is 31.5. The van der Waals surface area contributed by atoms with Crippen LogP contribution in [0.15, 0.2) is 60.3 Å². The van der Waals surface area contributed by atoms with Gasteiger partial charge in [-0.1, -0.05) is 76.5 Å². The number of halogens is 2. The summed E-state index contributed by atoms with van der Waals surface area (Å²) in [6.45, 7) is 16.6. The van der Waals surface area contributed by atoms with Gasteiger partial charge in [0.25, 0.3) is 0 Å².